The predicted molar refractivity (Wildman–Crippen MR) is 251 cm³/mol. The van der Waals surface area contributed by atoms with Crippen molar-refractivity contribution in [1.29, 1.82) is 0 Å². The first-order chi connectivity index (χ1) is 30.8. The fraction of sp³-hybridized carbons (Fsp3) is 0.510. The molecule has 1 saturated carbocycles. The lowest BCUT2D eigenvalue weighted by molar-refractivity contribution is -0.131. The Bertz CT molecular complexity index is 2200. The number of pyridine rings is 1. The second-order valence-corrected chi connectivity index (χ2v) is 18.7. The van der Waals surface area contributed by atoms with Gasteiger partial charge < -0.3 is 36.1 Å². The van der Waals surface area contributed by atoms with Crippen molar-refractivity contribution in [3.8, 4) is 17.2 Å². The van der Waals surface area contributed by atoms with E-state index >= 15 is 0 Å². The third-order valence-corrected chi connectivity index (χ3v) is 12.7. The van der Waals surface area contributed by atoms with Crippen LogP contribution in [0.5, 0.6) is 17.2 Å². The number of methoxy groups -OCH3 is 1. The highest BCUT2D eigenvalue weighted by atomic mass is 19.1. The lowest BCUT2D eigenvalue weighted by Crippen LogP contribution is -2.51. The van der Waals surface area contributed by atoms with Gasteiger partial charge >= 0.3 is 0 Å². The number of nitrogens with one attached hydrogen (secondary N) is 3. The molecule has 1 saturated heterocycles. The van der Waals surface area contributed by atoms with Gasteiger partial charge in [-0.3, -0.25) is 24.2 Å². The van der Waals surface area contributed by atoms with Gasteiger partial charge in [-0.15, -0.1) is 0 Å². The first kappa shape index (κ1) is 47.8. The number of nitrogens with two attached hydrogens (primary N) is 1. The average Bonchev–Trinajstić information content (AvgIpc) is 4.10. The molecule has 6 rings (SSSR count). The summed E-state index contributed by atoms with van der Waals surface area (Å²) in [6.45, 7) is 7.65. The standard InChI is InChI=1S/C51H67FN6O6/c1-50(2,3)46(47(53)60)57-45(59)16-14-12-10-8-6-5-7-9-11-13-15-35-26-31-58(32-27-35)42-34-41-40(33-44(42)63-4)43(25-30-54-41)64-39-23-21-38(22-24-39)56-49(62)51(28-29-51)48(61)55-37-19-17-36(52)18-20-37/h17-25,30,33-35,46H,5-16,26-29,31-32H2,1-4H3,(H2,53,60)(H,55,61)(H,56,62)(H,57,59)/t46-/m1/s1. The van der Waals surface area contributed by atoms with Crippen LogP contribution in [0.25, 0.3) is 10.9 Å². The van der Waals surface area contributed by atoms with Crippen LogP contribution in [-0.4, -0.2) is 54.9 Å². The molecule has 344 valence electrons. The van der Waals surface area contributed by atoms with Crippen LogP contribution in [0.3, 0.4) is 0 Å². The van der Waals surface area contributed by atoms with Crippen molar-refractivity contribution in [2.75, 3.05) is 35.7 Å². The molecule has 64 heavy (non-hydrogen) atoms. The van der Waals surface area contributed by atoms with Crippen molar-refractivity contribution >= 4 is 51.6 Å². The summed E-state index contributed by atoms with van der Waals surface area (Å²) >= 11 is 0. The van der Waals surface area contributed by atoms with Gasteiger partial charge in [0.2, 0.25) is 23.6 Å². The maximum Gasteiger partial charge on any atom is 0.240 e. The number of primary amides is 1. The minimum Gasteiger partial charge on any atom is -0.495 e. The van der Waals surface area contributed by atoms with Crippen LogP contribution < -0.4 is 36.1 Å². The van der Waals surface area contributed by atoms with Crippen LogP contribution in [0.4, 0.5) is 21.5 Å². The molecule has 1 aromatic heterocycles. The Morgan fingerprint density at radius 1 is 0.797 bits per heavy atom. The Balaban J connectivity index is 0.877. The van der Waals surface area contributed by atoms with Gasteiger partial charge in [-0.05, 0) is 110 Å². The molecule has 0 spiro atoms. The first-order valence-corrected chi connectivity index (χ1v) is 23.2. The lowest BCUT2D eigenvalue weighted by atomic mass is 9.86. The molecule has 0 unspecified atom stereocenters. The molecule has 0 radical (unpaired) electrons. The summed E-state index contributed by atoms with van der Waals surface area (Å²) in [7, 11) is 1.70. The van der Waals surface area contributed by atoms with Gasteiger partial charge in [-0.25, -0.2) is 4.39 Å². The lowest BCUT2D eigenvalue weighted by Gasteiger charge is -2.34. The third-order valence-electron chi connectivity index (χ3n) is 12.7. The van der Waals surface area contributed by atoms with Crippen LogP contribution in [0.15, 0.2) is 72.9 Å². The molecule has 1 aliphatic carbocycles. The largest absolute Gasteiger partial charge is 0.495 e. The average molecular weight is 879 g/mol. The summed E-state index contributed by atoms with van der Waals surface area (Å²) in [4.78, 5) is 57.3. The number of anilines is 3. The maximum absolute atomic E-state index is 13.3. The summed E-state index contributed by atoms with van der Waals surface area (Å²) in [5.41, 5.74) is 6.76. The van der Waals surface area contributed by atoms with Crippen molar-refractivity contribution < 1.29 is 33.0 Å². The molecule has 12 nitrogen and oxygen atoms in total. The number of carbonyl (C=O) groups excluding carboxylic acids is 4. The van der Waals surface area contributed by atoms with E-state index < -0.39 is 34.5 Å². The zero-order valence-corrected chi connectivity index (χ0v) is 38.1. The Morgan fingerprint density at radius 3 is 1.91 bits per heavy atom. The van der Waals surface area contributed by atoms with Crippen molar-refractivity contribution in [2.45, 2.75) is 130 Å². The number of halogens is 1. The molecule has 0 bridgehead atoms. The highest BCUT2D eigenvalue weighted by Gasteiger charge is 2.56. The molecule has 2 heterocycles. The Kier molecular flexibility index (Phi) is 16.6. The molecule has 1 aliphatic heterocycles. The van der Waals surface area contributed by atoms with Crippen molar-refractivity contribution in [3.63, 3.8) is 0 Å². The Hall–Kier alpha value is -5.72. The Labute approximate surface area is 377 Å². The quantitative estimate of drug-likeness (QED) is 0.0422. The number of benzene rings is 3. The van der Waals surface area contributed by atoms with Crippen LogP contribution >= 0.6 is 0 Å². The number of nitrogens with zero attached hydrogens (tertiary/aromatic N) is 2. The van der Waals surface area contributed by atoms with Gasteiger partial charge in [0.05, 0.1) is 18.3 Å². The topological polar surface area (TPSA) is 165 Å². The van der Waals surface area contributed by atoms with Gasteiger partial charge in [0.25, 0.3) is 0 Å². The number of piperidine rings is 1. The number of amides is 4. The molecule has 2 fully saturated rings. The number of ether oxygens (including phenoxy) is 2. The normalized spacial score (nSPS) is 15.3. The van der Waals surface area contributed by atoms with E-state index in [-0.39, 0.29) is 11.8 Å². The summed E-state index contributed by atoms with van der Waals surface area (Å²) < 4.78 is 25.5. The first-order valence-electron chi connectivity index (χ1n) is 23.2. The second-order valence-electron chi connectivity index (χ2n) is 18.7. The zero-order chi connectivity index (χ0) is 45.7. The fourth-order valence-electron chi connectivity index (χ4n) is 8.63. The van der Waals surface area contributed by atoms with E-state index in [1.807, 2.05) is 32.9 Å². The number of aromatic nitrogens is 1. The Morgan fingerprint density at radius 2 is 1.36 bits per heavy atom. The van der Waals surface area contributed by atoms with E-state index in [1.54, 1.807) is 37.6 Å². The number of fused-ring (bicyclic) bond motifs is 1. The van der Waals surface area contributed by atoms with Gasteiger partial charge in [0.1, 0.15) is 34.5 Å². The minimum absolute atomic E-state index is 0.0950. The SMILES string of the molecule is COc1cc2c(Oc3ccc(NC(=O)C4(C(=O)Nc5ccc(F)cc5)CC4)cc3)ccnc2cc1N1CCC(CCCCCCCCCCCCC(=O)N[C@H](C(N)=O)C(C)(C)C)CC1. The summed E-state index contributed by atoms with van der Waals surface area (Å²) in [6, 6.07) is 17.8. The third kappa shape index (κ3) is 13.2. The van der Waals surface area contributed by atoms with E-state index in [1.165, 1.54) is 75.6 Å². The van der Waals surface area contributed by atoms with Gasteiger partial charge in [0, 0.05) is 42.5 Å². The molecule has 13 heteroatoms. The van der Waals surface area contributed by atoms with Gasteiger partial charge in [-0.1, -0.05) is 85.0 Å². The molecule has 3 aromatic carbocycles. The van der Waals surface area contributed by atoms with E-state index in [4.69, 9.17) is 15.2 Å². The van der Waals surface area contributed by atoms with E-state index in [2.05, 4.69) is 31.9 Å². The monoisotopic (exact) mass is 879 g/mol. The number of unbranched alkanes of at least 4 members (excludes halogenated alkanes) is 9. The van der Waals surface area contributed by atoms with Crippen LogP contribution in [-0.2, 0) is 19.2 Å². The van der Waals surface area contributed by atoms with Crippen molar-refractivity contribution in [2.24, 2.45) is 22.5 Å². The van der Waals surface area contributed by atoms with Crippen LogP contribution in [0.2, 0.25) is 0 Å². The smallest absolute Gasteiger partial charge is 0.240 e. The molecule has 4 amide bonds. The summed E-state index contributed by atoms with van der Waals surface area (Å²) in [5.74, 6) is 0.947. The fourth-order valence-corrected chi connectivity index (χ4v) is 8.63. The maximum atomic E-state index is 13.3. The molecular formula is C51H67FN6O6. The van der Waals surface area contributed by atoms with E-state index in [0.717, 1.165) is 73.5 Å². The van der Waals surface area contributed by atoms with Crippen molar-refractivity contribution in [3.05, 3.63) is 78.7 Å². The van der Waals surface area contributed by atoms with E-state index in [0.29, 0.717) is 42.1 Å². The minimum atomic E-state index is -1.16. The zero-order valence-electron chi connectivity index (χ0n) is 38.1. The second kappa shape index (κ2) is 22.3. The number of rotatable bonds is 23. The predicted octanol–water partition coefficient (Wildman–Crippen LogP) is 10.4. The number of carbonyl (C=O) groups is 4. The van der Waals surface area contributed by atoms with E-state index in [9.17, 15) is 23.6 Å². The molecule has 4 aromatic rings. The van der Waals surface area contributed by atoms with Crippen LogP contribution in [0.1, 0.15) is 124 Å². The highest BCUT2D eigenvalue weighted by molar-refractivity contribution is 6.17. The molecule has 2 aliphatic rings. The number of hydrogen-bond donors (Lipinski definition) is 4. The molecular weight excluding hydrogens is 812 g/mol. The summed E-state index contributed by atoms with van der Waals surface area (Å²) in [5, 5.41) is 9.24. The van der Waals surface area contributed by atoms with Crippen LogP contribution in [0, 0.1) is 22.6 Å². The molecule has 5 N–H and O–H groups in total. The van der Waals surface area contributed by atoms with Gasteiger partial charge in [-0.2, -0.15) is 0 Å². The highest BCUT2D eigenvalue weighted by Crippen LogP contribution is 2.48. The van der Waals surface area contributed by atoms with Crippen molar-refractivity contribution in [1.82, 2.24) is 10.3 Å². The molecule has 1 atom stereocenters. The summed E-state index contributed by atoms with van der Waals surface area (Å²) in [6.07, 6.45) is 18.5. The number of hydrogen-bond acceptors (Lipinski definition) is 8. The van der Waals surface area contributed by atoms with Gasteiger partial charge in [0.15, 0.2) is 0 Å².